The Balaban J connectivity index is 0.974. The van der Waals surface area contributed by atoms with Crippen LogP contribution in [0, 0.1) is 29.1 Å². The van der Waals surface area contributed by atoms with Crippen molar-refractivity contribution in [1.29, 1.82) is 0 Å². The standard InChI is InChI=1S/C48H47NO/c1-45(2)22-23-46(3,4)40-28-36(19-21-37(40)45)49(34-10-6-5-7-11-34)35-17-14-31(15-18-35)32-16-20-39-42(26-32)50-41-13-9-8-12-38(41)48(39)43-25-30-24-33-27-44(48)47(33,43)29-30/h5-21,26,28,30,33,43-44H,22-25,27,29H2,1-4H3. The van der Waals surface area contributed by atoms with Crippen LogP contribution in [0.3, 0.4) is 0 Å². The third-order valence-corrected chi connectivity index (χ3v) is 15.1. The van der Waals surface area contributed by atoms with Gasteiger partial charge in [0.2, 0.25) is 0 Å². The number of anilines is 3. The van der Waals surface area contributed by atoms with Crippen LogP contribution in [0.5, 0.6) is 11.5 Å². The van der Waals surface area contributed by atoms with Gasteiger partial charge in [-0.1, -0.05) is 94.4 Å². The molecule has 2 bridgehead atoms. The Hall–Kier alpha value is -4.30. The zero-order valence-corrected chi connectivity index (χ0v) is 29.9. The third kappa shape index (κ3) is 3.60. The van der Waals surface area contributed by atoms with Gasteiger partial charge in [0, 0.05) is 33.6 Å². The zero-order valence-electron chi connectivity index (χ0n) is 29.9. The quantitative estimate of drug-likeness (QED) is 0.191. The van der Waals surface area contributed by atoms with Gasteiger partial charge in [-0.2, -0.15) is 0 Å². The molecule has 2 heteroatoms. The highest BCUT2D eigenvalue weighted by Gasteiger charge is 2.84. The number of fused-ring (bicyclic) bond motifs is 8. The van der Waals surface area contributed by atoms with Crippen LogP contribution in [0.25, 0.3) is 11.1 Å². The molecule has 6 atom stereocenters. The molecule has 5 aromatic rings. The molecule has 5 aromatic carbocycles. The average molecular weight is 654 g/mol. The van der Waals surface area contributed by atoms with Gasteiger partial charge in [-0.15, -0.1) is 0 Å². The molecule has 0 saturated heterocycles. The normalized spacial score (nSPS) is 31.0. The number of para-hydroxylation sites is 2. The lowest BCUT2D eigenvalue weighted by atomic mass is 9.26. The van der Waals surface area contributed by atoms with E-state index in [1.54, 1.807) is 0 Å². The van der Waals surface area contributed by atoms with E-state index in [1.165, 1.54) is 89.0 Å². The van der Waals surface area contributed by atoms with Crippen molar-refractivity contribution in [2.45, 2.75) is 82.5 Å². The Kier molecular flexibility index (Phi) is 5.72. The van der Waals surface area contributed by atoms with E-state index in [9.17, 15) is 0 Å². The lowest BCUT2D eigenvalue weighted by molar-refractivity contribution is -0.235. The Bertz CT molecular complexity index is 2200. The van der Waals surface area contributed by atoms with Crippen molar-refractivity contribution in [2.75, 3.05) is 4.90 Å². The molecule has 1 aliphatic heterocycles. The van der Waals surface area contributed by atoms with Gasteiger partial charge in [0.1, 0.15) is 11.5 Å². The van der Waals surface area contributed by atoms with Crippen LogP contribution >= 0.6 is 0 Å². The second-order valence-electron chi connectivity index (χ2n) is 18.1. The first-order valence-electron chi connectivity index (χ1n) is 19.2. The fourth-order valence-electron chi connectivity index (χ4n) is 12.8. The SMILES string of the molecule is CC1(C)CCC(C)(C)c2cc(N(c3ccccc3)c3ccc(-c4ccc5c(c4)Oc4ccccc4C54C5CC6CC7CC4C75C6)cc3)ccc21. The summed E-state index contributed by atoms with van der Waals surface area (Å²) in [6.45, 7) is 9.64. The molecule has 0 aromatic heterocycles. The minimum Gasteiger partial charge on any atom is -0.457 e. The van der Waals surface area contributed by atoms with Crippen molar-refractivity contribution in [2.24, 2.45) is 29.1 Å². The maximum Gasteiger partial charge on any atom is 0.132 e. The molecular formula is C48H47NO. The van der Waals surface area contributed by atoms with E-state index in [1.807, 2.05) is 0 Å². The number of benzene rings is 5. The highest BCUT2D eigenvalue weighted by atomic mass is 16.5. The summed E-state index contributed by atoms with van der Waals surface area (Å²) >= 11 is 0. The van der Waals surface area contributed by atoms with Gasteiger partial charge in [-0.25, -0.2) is 0 Å². The highest BCUT2D eigenvalue weighted by Crippen LogP contribution is 2.89. The third-order valence-electron chi connectivity index (χ3n) is 15.1. The summed E-state index contributed by atoms with van der Waals surface area (Å²) < 4.78 is 6.81. The van der Waals surface area contributed by atoms with Crippen molar-refractivity contribution in [3.8, 4) is 22.6 Å². The lowest BCUT2D eigenvalue weighted by Crippen LogP contribution is -2.74. The van der Waals surface area contributed by atoms with E-state index >= 15 is 0 Å². The van der Waals surface area contributed by atoms with Crippen LogP contribution in [0.2, 0.25) is 0 Å². The van der Waals surface area contributed by atoms with Crippen LogP contribution in [0.4, 0.5) is 17.1 Å². The molecule has 2 spiro atoms. The molecule has 6 unspecified atom stereocenters. The van der Waals surface area contributed by atoms with E-state index in [-0.39, 0.29) is 16.2 Å². The Morgan fingerprint density at radius 2 is 1.18 bits per heavy atom. The topological polar surface area (TPSA) is 12.5 Å². The summed E-state index contributed by atoms with van der Waals surface area (Å²) in [5.74, 6) is 5.64. The second-order valence-corrected chi connectivity index (χ2v) is 18.1. The fourth-order valence-corrected chi connectivity index (χ4v) is 12.8. The summed E-state index contributed by atoms with van der Waals surface area (Å²) in [4.78, 5) is 2.42. The maximum absolute atomic E-state index is 6.81. The molecule has 0 N–H and O–H groups in total. The Labute approximate surface area is 297 Å². The minimum atomic E-state index is 0.132. The molecule has 0 amide bonds. The maximum atomic E-state index is 6.81. The number of rotatable bonds is 4. The van der Waals surface area contributed by atoms with Gasteiger partial charge in [0.25, 0.3) is 0 Å². The Morgan fingerprint density at radius 1 is 0.540 bits per heavy atom. The first kappa shape index (κ1) is 29.4. The molecule has 6 aliphatic rings. The summed E-state index contributed by atoms with van der Waals surface area (Å²) in [7, 11) is 0. The molecule has 50 heavy (non-hydrogen) atoms. The number of ether oxygens (including phenoxy) is 1. The van der Waals surface area contributed by atoms with Crippen molar-refractivity contribution < 1.29 is 4.74 Å². The lowest BCUT2D eigenvalue weighted by Gasteiger charge is -2.77. The predicted molar refractivity (Wildman–Crippen MR) is 204 cm³/mol. The fraction of sp³-hybridized carbons (Fsp3) is 0.375. The van der Waals surface area contributed by atoms with Gasteiger partial charge in [-0.05, 0) is 149 Å². The molecule has 0 radical (unpaired) electrons. The smallest absolute Gasteiger partial charge is 0.132 e. The highest BCUT2D eigenvalue weighted by molar-refractivity contribution is 5.80. The van der Waals surface area contributed by atoms with Gasteiger partial charge in [0.15, 0.2) is 0 Å². The van der Waals surface area contributed by atoms with Gasteiger partial charge in [-0.3, -0.25) is 0 Å². The molecule has 250 valence electrons. The van der Waals surface area contributed by atoms with Crippen LogP contribution in [0.1, 0.15) is 88.5 Å². The molecule has 4 fully saturated rings. The first-order valence-corrected chi connectivity index (χ1v) is 19.2. The Morgan fingerprint density at radius 3 is 1.98 bits per heavy atom. The van der Waals surface area contributed by atoms with E-state index in [2.05, 4.69) is 148 Å². The largest absolute Gasteiger partial charge is 0.457 e. The van der Waals surface area contributed by atoms with Crippen LogP contribution in [-0.4, -0.2) is 0 Å². The summed E-state index contributed by atoms with van der Waals surface area (Å²) in [6.07, 6.45) is 8.21. The van der Waals surface area contributed by atoms with E-state index < -0.39 is 0 Å². The van der Waals surface area contributed by atoms with Gasteiger partial charge < -0.3 is 9.64 Å². The monoisotopic (exact) mass is 653 g/mol. The summed E-state index contributed by atoms with van der Waals surface area (Å²) in [5, 5.41) is 0. The van der Waals surface area contributed by atoms with Crippen molar-refractivity contribution in [3.05, 3.63) is 138 Å². The van der Waals surface area contributed by atoms with Crippen LogP contribution in [-0.2, 0) is 16.2 Å². The molecule has 2 nitrogen and oxygen atoms in total. The van der Waals surface area contributed by atoms with Crippen molar-refractivity contribution in [1.82, 2.24) is 0 Å². The van der Waals surface area contributed by atoms with Crippen LogP contribution in [0.15, 0.2) is 115 Å². The summed E-state index contributed by atoms with van der Waals surface area (Å²) in [5.41, 5.74) is 13.0. The molecule has 4 saturated carbocycles. The zero-order chi connectivity index (χ0) is 33.6. The van der Waals surface area contributed by atoms with Gasteiger partial charge in [0.05, 0.1) is 0 Å². The van der Waals surface area contributed by atoms with Crippen molar-refractivity contribution >= 4 is 17.1 Å². The molecular weight excluding hydrogens is 607 g/mol. The van der Waals surface area contributed by atoms with E-state index in [4.69, 9.17) is 4.74 Å². The van der Waals surface area contributed by atoms with E-state index in [0.29, 0.717) is 5.41 Å². The minimum absolute atomic E-state index is 0.132. The van der Waals surface area contributed by atoms with Gasteiger partial charge >= 0.3 is 0 Å². The summed E-state index contributed by atoms with van der Waals surface area (Å²) in [6, 6.07) is 43.4. The number of hydrogen-bond acceptors (Lipinski definition) is 2. The number of hydrogen-bond donors (Lipinski definition) is 0. The predicted octanol–water partition coefficient (Wildman–Crippen LogP) is 12.6. The molecule has 11 rings (SSSR count). The number of nitrogens with zero attached hydrogens (tertiary/aromatic N) is 1. The second kappa shape index (κ2) is 9.72. The van der Waals surface area contributed by atoms with Crippen LogP contribution < -0.4 is 9.64 Å². The molecule has 5 aliphatic carbocycles. The average Bonchev–Trinajstić information content (AvgIpc) is 3.66. The van der Waals surface area contributed by atoms with Crippen molar-refractivity contribution in [3.63, 3.8) is 0 Å². The van der Waals surface area contributed by atoms with E-state index in [0.717, 1.165) is 35.2 Å². The first-order chi connectivity index (χ1) is 24.2. The molecule has 1 heterocycles.